The van der Waals surface area contributed by atoms with Gasteiger partial charge in [-0.1, -0.05) is 6.07 Å². The Balaban J connectivity index is 2.55. The van der Waals surface area contributed by atoms with Crippen LogP contribution in [-0.2, 0) is 16.9 Å². The average molecular weight is 163 g/mol. The van der Waals surface area contributed by atoms with Crippen LogP contribution in [0.15, 0.2) is 18.2 Å². The van der Waals surface area contributed by atoms with Crippen molar-refractivity contribution >= 4 is 5.69 Å². The van der Waals surface area contributed by atoms with Gasteiger partial charge in [-0.15, -0.1) is 0 Å². The first-order valence-corrected chi connectivity index (χ1v) is 4.12. The second-order valence-electron chi connectivity index (χ2n) is 3.72. The molecule has 64 valence electrons. The minimum absolute atomic E-state index is 0.136. The van der Waals surface area contributed by atoms with Crippen LogP contribution >= 0.6 is 0 Å². The van der Waals surface area contributed by atoms with E-state index >= 15 is 0 Å². The number of benzene rings is 1. The van der Waals surface area contributed by atoms with Crippen LogP contribution in [0, 0.1) is 0 Å². The molecule has 0 amide bonds. The van der Waals surface area contributed by atoms with E-state index < -0.39 is 0 Å². The maximum absolute atomic E-state index is 5.66. The summed E-state index contributed by atoms with van der Waals surface area (Å²) in [5.74, 6) is 0. The van der Waals surface area contributed by atoms with Crippen molar-refractivity contribution in [2.24, 2.45) is 0 Å². The normalized spacial score (nSPS) is 19.2. The number of hydrogen-bond donors (Lipinski definition) is 1. The molecule has 1 aromatic rings. The van der Waals surface area contributed by atoms with Gasteiger partial charge in [0.25, 0.3) is 0 Å². The molecule has 2 N–H and O–H groups in total. The average Bonchev–Trinajstić information content (AvgIpc) is 2.27. The van der Waals surface area contributed by atoms with Crippen LogP contribution in [-0.4, -0.2) is 0 Å². The highest BCUT2D eigenvalue weighted by molar-refractivity contribution is 5.47. The zero-order chi connectivity index (χ0) is 8.77. The molecule has 0 saturated carbocycles. The molecule has 2 nitrogen and oxygen atoms in total. The van der Waals surface area contributed by atoms with Crippen molar-refractivity contribution in [1.82, 2.24) is 0 Å². The second-order valence-corrected chi connectivity index (χ2v) is 3.72. The monoisotopic (exact) mass is 163 g/mol. The van der Waals surface area contributed by atoms with Crippen LogP contribution < -0.4 is 5.73 Å². The Morgan fingerprint density at radius 3 is 2.92 bits per heavy atom. The highest BCUT2D eigenvalue weighted by Gasteiger charge is 2.30. The van der Waals surface area contributed by atoms with Crippen LogP contribution in [0.3, 0.4) is 0 Å². The third kappa shape index (κ3) is 0.994. The van der Waals surface area contributed by atoms with E-state index in [1.807, 2.05) is 12.1 Å². The standard InChI is InChI=1S/C10H13NO/c1-10(2)9-4-3-8(11)5-7(9)6-12-10/h3-5H,6,11H2,1-2H3. The number of nitrogens with two attached hydrogens (primary N) is 1. The molecule has 0 unspecified atom stereocenters. The third-order valence-corrected chi connectivity index (χ3v) is 2.37. The summed E-state index contributed by atoms with van der Waals surface area (Å²) in [5.41, 5.74) is 8.83. The fourth-order valence-electron chi connectivity index (χ4n) is 1.66. The highest BCUT2D eigenvalue weighted by Crippen LogP contribution is 2.36. The van der Waals surface area contributed by atoms with Crippen molar-refractivity contribution in [2.45, 2.75) is 26.1 Å². The smallest absolute Gasteiger partial charge is 0.0883 e. The molecule has 2 rings (SSSR count). The summed E-state index contributed by atoms with van der Waals surface area (Å²) in [5, 5.41) is 0. The Labute approximate surface area is 72.3 Å². The maximum Gasteiger partial charge on any atom is 0.0883 e. The largest absolute Gasteiger partial charge is 0.399 e. The summed E-state index contributed by atoms with van der Waals surface area (Å²) in [6.07, 6.45) is 0. The minimum atomic E-state index is -0.136. The zero-order valence-electron chi connectivity index (χ0n) is 7.42. The molecule has 2 heteroatoms. The Morgan fingerprint density at radius 1 is 1.42 bits per heavy atom. The molecule has 0 atom stereocenters. The molecule has 12 heavy (non-hydrogen) atoms. The zero-order valence-corrected chi connectivity index (χ0v) is 7.42. The van der Waals surface area contributed by atoms with Gasteiger partial charge in [0, 0.05) is 5.69 Å². The summed E-state index contributed by atoms with van der Waals surface area (Å²) in [7, 11) is 0. The molecule has 0 saturated heterocycles. The first-order chi connectivity index (χ1) is 5.59. The molecule has 0 spiro atoms. The fourth-order valence-corrected chi connectivity index (χ4v) is 1.66. The van der Waals surface area contributed by atoms with Gasteiger partial charge in [0.15, 0.2) is 0 Å². The topological polar surface area (TPSA) is 35.2 Å². The third-order valence-electron chi connectivity index (χ3n) is 2.37. The molecular formula is C10H13NO. The van der Waals surface area contributed by atoms with Gasteiger partial charge < -0.3 is 10.5 Å². The first kappa shape index (κ1) is 7.62. The van der Waals surface area contributed by atoms with E-state index in [-0.39, 0.29) is 5.60 Å². The summed E-state index contributed by atoms with van der Waals surface area (Å²) in [6.45, 7) is 4.84. The Hall–Kier alpha value is -1.02. The van der Waals surface area contributed by atoms with Crippen molar-refractivity contribution < 1.29 is 4.74 Å². The molecule has 1 aliphatic rings. The van der Waals surface area contributed by atoms with Crippen LogP contribution in [0.1, 0.15) is 25.0 Å². The SMILES string of the molecule is CC1(C)OCc2cc(N)ccc21. The lowest BCUT2D eigenvalue weighted by atomic mass is 9.96. The lowest BCUT2D eigenvalue weighted by molar-refractivity contribution is -0.00789. The molecule has 0 aliphatic carbocycles. The van der Waals surface area contributed by atoms with Gasteiger partial charge in [-0.2, -0.15) is 0 Å². The number of anilines is 1. The van der Waals surface area contributed by atoms with Crippen molar-refractivity contribution in [3.63, 3.8) is 0 Å². The number of fused-ring (bicyclic) bond motifs is 1. The molecular weight excluding hydrogens is 150 g/mol. The van der Waals surface area contributed by atoms with E-state index in [0.717, 1.165) is 5.69 Å². The van der Waals surface area contributed by atoms with Gasteiger partial charge in [-0.05, 0) is 37.1 Å². The van der Waals surface area contributed by atoms with Crippen LogP contribution in [0.5, 0.6) is 0 Å². The Bertz CT molecular complexity index is 318. The predicted molar refractivity (Wildman–Crippen MR) is 48.7 cm³/mol. The molecule has 0 fully saturated rings. The summed E-state index contributed by atoms with van der Waals surface area (Å²) >= 11 is 0. The van der Waals surface area contributed by atoms with Gasteiger partial charge in [-0.3, -0.25) is 0 Å². The summed E-state index contributed by atoms with van der Waals surface area (Å²) < 4.78 is 5.61. The molecule has 1 heterocycles. The van der Waals surface area contributed by atoms with Gasteiger partial charge >= 0.3 is 0 Å². The number of nitrogen functional groups attached to an aromatic ring is 1. The lowest BCUT2D eigenvalue weighted by Crippen LogP contribution is -2.14. The van der Waals surface area contributed by atoms with E-state index in [1.54, 1.807) is 0 Å². The summed E-state index contributed by atoms with van der Waals surface area (Å²) in [6, 6.07) is 5.97. The van der Waals surface area contributed by atoms with E-state index in [2.05, 4.69) is 19.9 Å². The quantitative estimate of drug-likeness (QED) is 0.594. The van der Waals surface area contributed by atoms with E-state index in [1.165, 1.54) is 11.1 Å². The van der Waals surface area contributed by atoms with Crippen molar-refractivity contribution in [1.29, 1.82) is 0 Å². The second kappa shape index (κ2) is 2.23. The Kier molecular flexibility index (Phi) is 1.42. The van der Waals surface area contributed by atoms with Gasteiger partial charge in [-0.25, -0.2) is 0 Å². The predicted octanol–water partition coefficient (Wildman–Crippen LogP) is 2.03. The number of rotatable bonds is 0. The van der Waals surface area contributed by atoms with Gasteiger partial charge in [0.05, 0.1) is 12.2 Å². The maximum atomic E-state index is 5.66. The fraction of sp³-hybridized carbons (Fsp3) is 0.400. The molecule has 0 radical (unpaired) electrons. The number of hydrogen-bond acceptors (Lipinski definition) is 2. The number of ether oxygens (including phenoxy) is 1. The van der Waals surface area contributed by atoms with Crippen LogP contribution in [0.25, 0.3) is 0 Å². The van der Waals surface area contributed by atoms with Gasteiger partial charge in [0.2, 0.25) is 0 Å². The first-order valence-electron chi connectivity index (χ1n) is 4.12. The van der Waals surface area contributed by atoms with Crippen LogP contribution in [0.4, 0.5) is 5.69 Å². The van der Waals surface area contributed by atoms with E-state index in [9.17, 15) is 0 Å². The molecule has 0 aromatic heterocycles. The highest BCUT2D eigenvalue weighted by atomic mass is 16.5. The van der Waals surface area contributed by atoms with Gasteiger partial charge in [0.1, 0.15) is 0 Å². The molecule has 1 aliphatic heterocycles. The summed E-state index contributed by atoms with van der Waals surface area (Å²) in [4.78, 5) is 0. The van der Waals surface area contributed by atoms with Crippen molar-refractivity contribution in [3.8, 4) is 0 Å². The van der Waals surface area contributed by atoms with Crippen molar-refractivity contribution in [2.75, 3.05) is 5.73 Å². The van der Waals surface area contributed by atoms with Crippen molar-refractivity contribution in [3.05, 3.63) is 29.3 Å². The van der Waals surface area contributed by atoms with Crippen LogP contribution in [0.2, 0.25) is 0 Å². The van der Waals surface area contributed by atoms with E-state index in [4.69, 9.17) is 10.5 Å². The molecule has 0 bridgehead atoms. The minimum Gasteiger partial charge on any atom is -0.399 e. The molecule has 1 aromatic carbocycles. The lowest BCUT2D eigenvalue weighted by Gasteiger charge is -2.17. The van der Waals surface area contributed by atoms with E-state index in [0.29, 0.717) is 6.61 Å². The Morgan fingerprint density at radius 2 is 2.17 bits per heavy atom.